The molecule has 0 spiro atoms. The molecule has 3 aromatic carbocycles. The maximum Gasteiger partial charge on any atom is 0.336 e. The molecule has 33 heavy (non-hydrogen) atoms. The van der Waals surface area contributed by atoms with Crippen molar-refractivity contribution in [3.8, 4) is 17.2 Å². The van der Waals surface area contributed by atoms with E-state index in [0.29, 0.717) is 17.9 Å². The molecule has 1 aromatic heterocycles. The van der Waals surface area contributed by atoms with E-state index in [4.69, 9.17) is 18.6 Å². The molecule has 4 rings (SSSR count). The largest absolute Gasteiger partial charge is 0.497 e. The molecule has 6 nitrogen and oxygen atoms in total. The lowest BCUT2D eigenvalue weighted by atomic mass is 9.98. The van der Waals surface area contributed by atoms with Gasteiger partial charge in [0.2, 0.25) is 0 Å². The first-order valence-electron chi connectivity index (χ1n) is 10.7. The molecule has 0 saturated heterocycles. The Balaban J connectivity index is 1.62. The van der Waals surface area contributed by atoms with Crippen molar-refractivity contribution >= 4 is 11.0 Å². The number of ether oxygens (including phenoxy) is 3. The first kappa shape index (κ1) is 22.4. The Morgan fingerprint density at radius 2 is 1.39 bits per heavy atom. The molecule has 0 radical (unpaired) electrons. The molecule has 0 aliphatic heterocycles. The van der Waals surface area contributed by atoms with Crippen molar-refractivity contribution in [2.45, 2.75) is 19.0 Å². The van der Waals surface area contributed by atoms with Crippen LogP contribution in [0.4, 0.5) is 0 Å². The van der Waals surface area contributed by atoms with Gasteiger partial charge in [-0.3, -0.25) is 0 Å². The molecule has 0 amide bonds. The molecule has 1 heterocycles. The molecule has 1 atom stereocenters. The van der Waals surface area contributed by atoms with Crippen molar-refractivity contribution in [3.05, 3.63) is 99.9 Å². The minimum Gasteiger partial charge on any atom is -0.497 e. The predicted octanol–water partition coefficient (Wildman–Crippen LogP) is 4.89. The molecule has 0 saturated carbocycles. The summed E-state index contributed by atoms with van der Waals surface area (Å²) in [5.41, 5.74) is 3.29. The molecule has 0 fully saturated rings. The van der Waals surface area contributed by atoms with Crippen LogP contribution < -0.4 is 25.2 Å². The van der Waals surface area contributed by atoms with Crippen LogP contribution in [0.3, 0.4) is 0 Å². The quantitative estimate of drug-likeness (QED) is 0.370. The highest BCUT2D eigenvalue weighted by Gasteiger charge is 2.15. The maximum absolute atomic E-state index is 12.2. The number of rotatable bonds is 9. The van der Waals surface area contributed by atoms with E-state index in [-0.39, 0.29) is 11.7 Å². The van der Waals surface area contributed by atoms with Crippen molar-refractivity contribution in [1.82, 2.24) is 5.32 Å². The minimum atomic E-state index is -0.385. The highest BCUT2D eigenvalue weighted by molar-refractivity contribution is 5.81. The molecule has 170 valence electrons. The summed E-state index contributed by atoms with van der Waals surface area (Å²) in [5.74, 6) is 2.28. The summed E-state index contributed by atoms with van der Waals surface area (Å²) >= 11 is 0. The van der Waals surface area contributed by atoms with E-state index in [1.807, 2.05) is 36.4 Å². The van der Waals surface area contributed by atoms with Crippen LogP contribution >= 0.6 is 0 Å². The van der Waals surface area contributed by atoms with Gasteiger partial charge in [-0.05, 0) is 59.5 Å². The second kappa shape index (κ2) is 10.2. The van der Waals surface area contributed by atoms with Gasteiger partial charge in [0, 0.05) is 30.1 Å². The van der Waals surface area contributed by atoms with Crippen LogP contribution in [0.25, 0.3) is 11.0 Å². The van der Waals surface area contributed by atoms with Gasteiger partial charge in [0.05, 0.1) is 21.3 Å². The zero-order valence-corrected chi connectivity index (χ0v) is 19.0. The monoisotopic (exact) mass is 445 g/mol. The molecule has 4 aromatic rings. The summed E-state index contributed by atoms with van der Waals surface area (Å²) < 4.78 is 21.2. The Labute approximate surface area is 192 Å². The fourth-order valence-corrected chi connectivity index (χ4v) is 3.86. The highest BCUT2D eigenvalue weighted by atomic mass is 16.5. The molecule has 0 aliphatic rings. The van der Waals surface area contributed by atoms with Crippen LogP contribution in [0.5, 0.6) is 17.2 Å². The Morgan fingerprint density at radius 3 is 2.03 bits per heavy atom. The van der Waals surface area contributed by atoms with E-state index in [1.165, 1.54) is 5.56 Å². The van der Waals surface area contributed by atoms with E-state index in [9.17, 15) is 4.79 Å². The number of hydrogen-bond acceptors (Lipinski definition) is 6. The predicted molar refractivity (Wildman–Crippen MR) is 128 cm³/mol. The van der Waals surface area contributed by atoms with Gasteiger partial charge in [-0.25, -0.2) is 4.79 Å². The molecule has 0 bridgehead atoms. The highest BCUT2D eigenvalue weighted by Crippen LogP contribution is 2.26. The fourth-order valence-electron chi connectivity index (χ4n) is 3.86. The first-order valence-corrected chi connectivity index (χ1v) is 10.7. The van der Waals surface area contributed by atoms with Gasteiger partial charge < -0.3 is 23.9 Å². The normalized spacial score (nSPS) is 11.8. The Morgan fingerprint density at radius 1 is 0.788 bits per heavy atom. The number of nitrogens with one attached hydrogen (secondary N) is 1. The fraction of sp³-hybridized carbons (Fsp3) is 0.222. The van der Waals surface area contributed by atoms with Crippen LogP contribution in [0.15, 0.2) is 82.0 Å². The van der Waals surface area contributed by atoms with Crippen LogP contribution in [-0.2, 0) is 13.0 Å². The first-order chi connectivity index (χ1) is 16.1. The SMILES string of the molecule is COc1ccc(C[C@@H](NCc2cc(=O)oc3cc(OC)ccc23)c2ccc(OC)cc2)cc1. The second-order valence-corrected chi connectivity index (χ2v) is 7.71. The van der Waals surface area contributed by atoms with Crippen LogP contribution in [-0.4, -0.2) is 21.3 Å². The van der Waals surface area contributed by atoms with Crippen molar-refractivity contribution < 1.29 is 18.6 Å². The lowest BCUT2D eigenvalue weighted by molar-refractivity contribution is 0.413. The Hall–Kier alpha value is -3.77. The lowest BCUT2D eigenvalue weighted by Gasteiger charge is -2.20. The van der Waals surface area contributed by atoms with Gasteiger partial charge in [0.25, 0.3) is 0 Å². The molecular weight excluding hydrogens is 418 g/mol. The second-order valence-electron chi connectivity index (χ2n) is 7.71. The zero-order chi connectivity index (χ0) is 23.2. The Kier molecular flexibility index (Phi) is 6.95. The average molecular weight is 446 g/mol. The van der Waals surface area contributed by atoms with Crippen LogP contribution in [0.2, 0.25) is 0 Å². The van der Waals surface area contributed by atoms with Crippen molar-refractivity contribution in [3.63, 3.8) is 0 Å². The smallest absolute Gasteiger partial charge is 0.336 e. The third-order valence-corrected chi connectivity index (χ3v) is 5.69. The summed E-state index contributed by atoms with van der Waals surface area (Å²) in [4.78, 5) is 12.2. The van der Waals surface area contributed by atoms with E-state index < -0.39 is 0 Å². The standard InChI is InChI=1S/C27H27NO5/c1-30-21-8-4-18(5-9-21)14-25(19-6-10-22(31-2)11-7-19)28-17-20-15-27(29)33-26-16-23(32-3)12-13-24(20)26/h4-13,15-16,25,28H,14,17H2,1-3H3/t25-/m1/s1. The minimum absolute atomic E-state index is 0.0184. The van der Waals surface area contributed by atoms with E-state index in [0.717, 1.165) is 34.4 Å². The molecule has 6 heteroatoms. The van der Waals surface area contributed by atoms with Crippen molar-refractivity contribution in [2.24, 2.45) is 0 Å². The molecule has 0 unspecified atom stereocenters. The number of benzene rings is 3. The van der Waals surface area contributed by atoms with Crippen LogP contribution in [0, 0.1) is 0 Å². The third kappa shape index (κ3) is 5.35. The number of hydrogen-bond donors (Lipinski definition) is 1. The average Bonchev–Trinajstić information content (AvgIpc) is 2.86. The van der Waals surface area contributed by atoms with E-state index in [1.54, 1.807) is 33.5 Å². The van der Waals surface area contributed by atoms with Crippen molar-refractivity contribution in [1.29, 1.82) is 0 Å². The van der Waals surface area contributed by atoms with E-state index in [2.05, 4.69) is 29.6 Å². The molecule has 0 aliphatic carbocycles. The lowest BCUT2D eigenvalue weighted by Crippen LogP contribution is -2.23. The maximum atomic E-state index is 12.2. The summed E-state index contributed by atoms with van der Waals surface area (Å²) in [6.45, 7) is 0.501. The molecular formula is C27H27NO5. The van der Waals surface area contributed by atoms with Gasteiger partial charge in [-0.1, -0.05) is 24.3 Å². The Bertz CT molecular complexity index is 1260. The van der Waals surface area contributed by atoms with E-state index >= 15 is 0 Å². The number of fused-ring (bicyclic) bond motifs is 1. The van der Waals surface area contributed by atoms with Gasteiger partial charge in [-0.2, -0.15) is 0 Å². The van der Waals surface area contributed by atoms with Gasteiger partial charge >= 0.3 is 5.63 Å². The van der Waals surface area contributed by atoms with Gasteiger partial charge in [0.1, 0.15) is 22.8 Å². The third-order valence-electron chi connectivity index (χ3n) is 5.69. The molecule has 1 N–H and O–H groups in total. The summed E-state index contributed by atoms with van der Waals surface area (Å²) in [6, 6.07) is 23.2. The zero-order valence-electron chi connectivity index (χ0n) is 19.0. The summed E-state index contributed by atoms with van der Waals surface area (Å²) in [6.07, 6.45) is 0.767. The van der Waals surface area contributed by atoms with Crippen molar-refractivity contribution in [2.75, 3.05) is 21.3 Å². The summed E-state index contributed by atoms with van der Waals surface area (Å²) in [7, 11) is 4.90. The van der Waals surface area contributed by atoms with Gasteiger partial charge in [0.15, 0.2) is 0 Å². The van der Waals surface area contributed by atoms with Gasteiger partial charge in [-0.15, -0.1) is 0 Å². The summed E-state index contributed by atoms with van der Waals surface area (Å²) in [5, 5.41) is 4.51. The number of methoxy groups -OCH3 is 3. The van der Waals surface area contributed by atoms with Crippen LogP contribution in [0.1, 0.15) is 22.7 Å². The topological polar surface area (TPSA) is 69.9 Å².